The predicted molar refractivity (Wildman–Crippen MR) is 79.5 cm³/mol. The number of hydrogen-bond donors (Lipinski definition) is 2. The van der Waals surface area contributed by atoms with Gasteiger partial charge in [0.25, 0.3) is 5.91 Å². The largest absolute Gasteiger partial charge is 0.375 e. The number of carbonyl (C=O) groups is 2. The van der Waals surface area contributed by atoms with Crippen molar-refractivity contribution < 1.29 is 14.7 Å². The number of carbonyl (C=O) groups excluding carboxylic acids is 2. The molecule has 0 radical (unpaired) electrons. The fourth-order valence-electron chi connectivity index (χ4n) is 2.58. The number of Topliss-reactive ketones (excluding diaryl/α,β-unsaturated/α-hetero) is 1. The molecule has 1 aliphatic heterocycles. The van der Waals surface area contributed by atoms with E-state index >= 15 is 0 Å². The van der Waals surface area contributed by atoms with Crippen molar-refractivity contribution in [2.75, 3.05) is 5.32 Å². The molecule has 1 amide bonds. The SMILES string of the molecule is Cc1nc(C)c(C(=O)CC2(O)C(=O)Nc3ccccc32)s1. The maximum atomic E-state index is 12.4. The molecule has 108 valence electrons. The van der Waals surface area contributed by atoms with Crippen LogP contribution in [0.4, 0.5) is 5.69 Å². The van der Waals surface area contributed by atoms with Gasteiger partial charge in [-0.25, -0.2) is 4.98 Å². The number of aliphatic hydroxyl groups is 1. The Hall–Kier alpha value is -2.05. The molecule has 1 aromatic heterocycles. The number of aromatic nitrogens is 1. The topological polar surface area (TPSA) is 79.3 Å². The van der Waals surface area contributed by atoms with Gasteiger partial charge in [-0.15, -0.1) is 11.3 Å². The Morgan fingerprint density at radius 2 is 2.10 bits per heavy atom. The zero-order valence-corrected chi connectivity index (χ0v) is 12.5. The summed E-state index contributed by atoms with van der Waals surface area (Å²) in [5, 5.41) is 14.1. The van der Waals surface area contributed by atoms with Gasteiger partial charge >= 0.3 is 0 Å². The van der Waals surface area contributed by atoms with Crippen molar-refractivity contribution in [2.45, 2.75) is 25.9 Å². The highest BCUT2D eigenvalue weighted by atomic mass is 32.1. The van der Waals surface area contributed by atoms with E-state index in [0.29, 0.717) is 21.8 Å². The van der Waals surface area contributed by atoms with E-state index in [1.165, 1.54) is 11.3 Å². The molecule has 21 heavy (non-hydrogen) atoms. The standard InChI is InChI=1S/C15H14N2O3S/c1-8-13(21-9(2)16-8)12(18)7-15(20)10-5-3-4-6-11(10)17-14(15)19/h3-6,20H,7H2,1-2H3,(H,17,19). The van der Waals surface area contributed by atoms with Gasteiger partial charge in [0.1, 0.15) is 0 Å². The summed E-state index contributed by atoms with van der Waals surface area (Å²) in [5.74, 6) is -0.830. The number of para-hydroxylation sites is 1. The molecule has 1 unspecified atom stereocenters. The van der Waals surface area contributed by atoms with Crippen molar-refractivity contribution in [1.82, 2.24) is 4.98 Å². The van der Waals surface area contributed by atoms with Gasteiger partial charge in [0, 0.05) is 11.3 Å². The van der Waals surface area contributed by atoms with E-state index in [-0.39, 0.29) is 12.2 Å². The second-order valence-corrected chi connectivity index (χ2v) is 6.31. The van der Waals surface area contributed by atoms with Crippen LogP contribution in [0.2, 0.25) is 0 Å². The van der Waals surface area contributed by atoms with Crippen LogP contribution in [0.1, 0.15) is 32.4 Å². The van der Waals surface area contributed by atoms with Gasteiger partial charge in [-0.2, -0.15) is 0 Å². The molecule has 0 saturated carbocycles. The van der Waals surface area contributed by atoms with Gasteiger partial charge in [0.05, 0.1) is 22.0 Å². The highest BCUT2D eigenvalue weighted by Crippen LogP contribution is 2.39. The van der Waals surface area contributed by atoms with E-state index < -0.39 is 11.5 Å². The van der Waals surface area contributed by atoms with Gasteiger partial charge in [-0.1, -0.05) is 18.2 Å². The summed E-state index contributed by atoms with van der Waals surface area (Å²) in [6, 6.07) is 6.86. The summed E-state index contributed by atoms with van der Waals surface area (Å²) in [5.41, 5.74) is -0.173. The maximum absolute atomic E-state index is 12.4. The van der Waals surface area contributed by atoms with Gasteiger partial charge < -0.3 is 10.4 Å². The number of ketones is 1. The Balaban J connectivity index is 1.96. The molecule has 3 rings (SSSR count). The Kier molecular flexibility index (Phi) is 3.15. The first-order chi connectivity index (χ1) is 9.91. The van der Waals surface area contributed by atoms with Crippen LogP contribution in [0.15, 0.2) is 24.3 Å². The average molecular weight is 302 g/mol. The molecule has 2 heterocycles. The van der Waals surface area contributed by atoms with Crippen LogP contribution in [-0.2, 0) is 10.4 Å². The molecule has 0 spiro atoms. The Morgan fingerprint density at radius 3 is 2.76 bits per heavy atom. The third-order valence-corrected chi connectivity index (χ3v) is 4.68. The molecule has 2 N–H and O–H groups in total. The Morgan fingerprint density at radius 1 is 1.38 bits per heavy atom. The summed E-state index contributed by atoms with van der Waals surface area (Å²) in [7, 11) is 0. The molecule has 1 aromatic carbocycles. The first kappa shape index (κ1) is 13.9. The van der Waals surface area contributed by atoms with E-state index in [2.05, 4.69) is 10.3 Å². The fraction of sp³-hybridized carbons (Fsp3) is 0.267. The van der Waals surface area contributed by atoms with E-state index in [4.69, 9.17) is 0 Å². The minimum Gasteiger partial charge on any atom is -0.375 e. The predicted octanol–water partition coefficient (Wildman–Crippen LogP) is 2.17. The average Bonchev–Trinajstić information content (AvgIpc) is 2.89. The number of rotatable bonds is 3. The van der Waals surface area contributed by atoms with Crippen molar-refractivity contribution in [2.24, 2.45) is 0 Å². The molecule has 1 aliphatic rings. The molecule has 0 saturated heterocycles. The lowest BCUT2D eigenvalue weighted by molar-refractivity contribution is -0.133. The number of benzene rings is 1. The molecular formula is C15H14N2O3S. The lowest BCUT2D eigenvalue weighted by Gasteiger charge is -2.19. The van der Waals surface area contributed by atoms with E-state index in [0.717, 1.165) is 5.01 Å². The highest BCUT2D eigenvalue weighted by Gasteiger charge is 2.46. The Labute approximate surface area is 125 Å². The number of fused-ring (bicyclic) bond motifs is 1. The molecule has 0 bridgehead atoms. The molecular weight excluding hydrogens is 288 g/mol. The van der Waals surface area contributed by atoms with Crippen LogP contribution in [0.3, 0.4) is 0 Å². The van der Waals surface area contributed by atoms with Crippen molar-refractivity contribution >= 4 is 28.7 Å². The molecule has 0 fully saturated rings. The van der Waals surface area contributed by atoms with Crippen LogP contribution in [0, 0.1) is 13.8 Å². The van der Waals surface area contributed by atoms with Crippen LogP contribution < -0.4 is 5.32 Å². The van der Waals surface area contributed by atoms with Crippen molar-refractivity contribution in [3.05, 3.63) is 45.4 Å². The molecule has 5 nitrogen and oxygen atoms in total. The maximum Gasteiger partial charge on any atom is 0.261 e. The van der Waals surface area contributed by atoms with Crippen LogP contribution >= 0.6 is 11.3 Å². The second-order valence-electron chi connectivity index (χ2n) is 5.11. The van der Waals surface area contributed by atoms with Gasteiger partial charge in [0.15, 0.2) is 11.4 Å². The minimum absolute atomic E-state index is 0.271. The number of thiazole rings is 1. The number of aryl methyl sites for hydroxylation is 2. The van der Waals surface area contributed by atoms with Gasteiger partial charge in [-0.3, -0.25) is 9.59 Å². The highest BCUT2D eigenvalue weighted by molar-refractivity contribution is 7.13. The second kappa shape index (κ2) is 4.75. The van der Waals surface area contributed by atoms with Gasteiger partial charge in [-0.05, 0) is 19.9 Å². The lowest BCUT2D eigenvalue weighted by atomic mass is 9.89. The van der Waals surface area contributed by atoms with Crippen LogP contribution in [-0.4, -0.2) is 21.8 Å². The van der Waals surface area contributed by atoms with E-state index in [1.807, 2.05) is 6.92 Å². The summed E-state index contributed by atoms with van der Waals surface area (Å²) in [6.07, 6.45) is -0.279. The number of hydrogen-bond acceptors (Lipinski definition) is 5. The first-order valence-corrected chi connectivity index (χ1v) is 7.34. The minimum atomic E-state index is -1.81. The summed E-state index contributed by atoms with van der Waals surface area (Å²) in [6.45, 7) is 3.57. The number of anilines is 1. The summed E-state index contributed by atoms with van der Waals surface area (Å²) in [4.78, 5) is 29.2. The van der Waals surface area contributed by atoms with Gasteiger partial charge in [0.2, 0.25) is 0 Å². The zero-order chi connectivity index (χ0) is 15.2. The summed E-state index contributed by atoms with van der Waals surface area (Å²) >= 11 is 1.28. The van der Waals surface area contributed by atoms with E-state index in [1.54, 1.807) is 31.2 Å². The number of amides is 1. The first-order valence-electron chi connectivity index (χ1n) is 6.52. The van der Waals surface area contributed by atoms with Crippen LogP contribution in [0.25, 0.3) is 0 Å². The number of nitrogens with zero attached hydrogens (tertiary/aromatic N) is 1. The third kappa shape index (κ3) is 2.16. The molecule has 2 aromatic rings. The quantitative estimate of drug-likeness (QED) is 0.852. The van der Waals surface area contributed by atoms with Crippen LogP contribution in [0.5, 0.6) is 0 Å². The molecule has 6 heteroatoms. The summed E-state index contributed by atoms with van der Waals surface area (Å²) < 4.78 is 0. The molecule has 1 atom stereocenters. The monoisotopic (exact) mass is 302 g/mol. The number of nitrogens with one attached hydrogen (secondary N) is 1. The Bertz CT molecular complexity index is 753. The zero-order valence-electron chi connectivity index (χ0n) is 11.6. The van der Waals surface area contributed by atoms with Crippen molar-refractivity contribution in [3.8, 4) is 0 Å². The van der Waals surface area contributed by atoms with Crippen molar-refractivity contribution in [3.63, 3.8) is 0 Å². The lowest BCUT2D eigenvalue weighted by Crippen LogP contribution is -2.36. The van der Waals surface area contributed by atoms with Crippen molar-refractivity contribution in [1.29, 1.82) is 0 Å². The molecule has 0 aliphatic carbocycles. The fourth-order valence-corrected chi connectivity index (χ4v) is 3.44. The van der Waals surface area contributed by atoms with E-state index in [9.17, 15) is 14.7 Å². The normalized spacial score (nSPS) is 20.2. The smallest absolute Gasteiger partial charge is 0.261 e. The third-order valence-electron chi connectivity index (χ3n) is 3.57.